The van der Waals surface area contributed by atoms with Crippen molar-refractivity contribution in [1.82, 2.24) is 10.2 Å². The fourth-order valence-electron chi connectivity index (χ4n) is 2.42. The molecule has 1 fully saturated rings. The molecule has 0 saturated carbocycles. The van der Waals surface area contributed by atoms with E-state index in [4.69, 9.17) is 5.73 Å². The summed E-state index contributed by atoms with van der Waals surface area (Å²) < 4.78 is 0. The molecule has 5 nitrogen and oxygen atoms in total. The molecule has 1 aliphatic rings. The van der Waals surface area contributed by atoms with Gasteiger partial charge in [0.1, 0.15) is 0 Å². The molecule has 1 aromatic carbocycles. The SMILES string of the molecule is CN1CCC(C)(CNC(=O)Nc2cccc(N)c2)CC1. The first kappa shape index (κ1) is 14.7. The van der Waals surface area contributed by atoms with Crippen molar-refractivity contribution < 1.29 is 4.79 Å². The number of rotatable bonds is 3. The van der Waals surface area contributed by atoms with E-state index in [9.17, 15) is 4.79 Å². The number of carbonyl (C=O) groups is 1. The third kappa shape index (κ3) is 4.13. The number of carbonyl (C=O) groups excluding carboxylic acids is 1. The predicted octanol–water partition coefficient (Wildman–Crippen LogP) is 2.12. The van der Waals surface area contributed by atoms with Gasteiger partial charge in [-0.05, 0) is 56.6 Å². The summed E-state index contributed by atoms with van der Waals surface area (Å²) in [4.78, 5) is 14.2. The lowest BCUT2D eigenvalue weighted by Crippen LogP contribution is -2.44. The molecule has 20 heavy (non-hydrogen) atoms. The van der Waals surface area contributed by atoms with Crippen molar-refractivity contribution >= 4 is 17.4 Å². The van der Waals surface area contributed by atoms with Crippen LogP contribution in [0.4, 0.5) is 16.2 Å². The Kier molecular flexibility index (Phi) is 4.49. The summed E-state index contributed by atoms with van der Waals surface area (Å²) in [6.45, 7) is 5.12. The first-order valence-electron chi connectivity index (χ1n) is 7.06. The molecule has 0 unspecified atom stereocenters. The molecule has 2 amide bonds. The van der Waals surface area contributed by atoms with E-state index in [2.05, 4.69) is 29.5 Å². The van der Waals surface area contributed by atoms with Crippen molar-refractivity contribution in [2.24, 2.45) is 5.41 Å². The standard InChI is InChI=1S/C15H24N4O/c1-15(6-8-19(2)9-7-15)11-17-14(20)18-13-5-3-4-12(16)10-13/h3-5,10H,6-9,11,16H2,1-2H3,(H2,17,18,20). The molecule has 0 radical (unpaired) electrons. The molecule has 4 N–H and O–H groups in total. The average Bonchev–Trinajstić information content (AvgIpc) is 2.41. The van der Waals surface area contributed by atoms with Crippen LogP contribution in [0.1, 0.15) is 19.8 Å². The number of hydrogen-bond acceptors (Lipinski definition) is 3. The molecule has 1 saturated heterocycles. The predicted molar refractivity (Wildman–Crippen MR) is 82.7 cm³/mol. The highest BCUT2D eigenvalue weighted by Gasteiger charge is 2.29. The average molecular weight is 276 g/mol. The van der Waals surface area contributed by atoms with Gasteiger partial charge in [0.25, 0.3) is 0 Å². The van der Waals surface area contributed by atoms with Gasteiger partial charge in [0.15, 0.2) is 0 Å². The molecule has 1 heterocycles. The Hall–Kier alpha value is -1.75. The lowest BCUT2D eigenvalue weighted by atomic mass is 9.80. The first-order chi connectivity index (χ1) is 9.47. The number of nitrogens with two attached hydrogens (primary N) is 1. The normalized spacial score (nSPS) is 18.5. The van der Waals surface area contributed by atoms with Gasteiger partial charge >= 0.3 is 6.03 Å². The van der Waals surface area contributed by atoms with Crippen LogP contribution in [0.5, 0.6) is 0 Å². The number of urea groups is 1. The van der Waals surface area contributed by atoms with Gasteiger partial charge in [-0.2, -0.15) is 0 Å². The van der Waals surface area contributed by atoms with Crippen molar-refractivity contribution in [2.75, 3.05) is 37.7 Å². The lowest BCUT2D eigenvalue weighted by molar-refractivity contribution is 0.139. The fourth-order valence-corrected chi connectivity index (χ4v) is 2.42. The Labute approximate surface area is 120 Å². The topological polar surface area (TPSA) is 70.4 Å². The van der Waals surface area contributed by atoms with Gasteiger partial charge in [0.2, 0.25) is 0 Å². The summed E-state index contributed by atoms with van der Waals surface area (Å²) in [7, 11) is 2.14. The van der Waals surface area contributed by atoms with Crippen LogP contribution in [0.25, 0.3) is 0 Å². The number of amides is 2. The summed E-state index contributed by atoms with van der Waals surface area (Å²) in [5.74, 6) is 0. The first-order valence-corrected chi connectivity index (χ1v) is 7.06. The molecule has 110 valence electrons. The number of likely N-dealkylation sites (tertiary alicyclic amines) is 1. The Morgan fingerprint density at radius 1 is 1.40 bits per heavy atom. The number of nitrogens with one attached hydrogen (secondary N) is 2. The van der Waals surface area contributed by atoms with E-state index in [1.165, 1.54) is 0 Å². The Balaban J connectivity index is 1.80. The number of benzene rings is 1. The maximum Gasteiger partial charge on any atom is 0.319 e. The van der Waals surface area contributed by atoms with E-state index >= 15 is 0 Å². The highest BCUT2D eigenvalue weighted by atomic mass is 16.2. The summed E-state index contributed by atoms with van der Waals surface area (Å²) in [6, 6.07) is 7.02. The minimum atomic E-state index is -0.171. The second kappa shape index (κ2) is 6.13. The summed E-state index contributed by atoms with van der Waals surface area (Å²) in [5.41, 5.74) is 7.24. The molecule has 5 heteroatoms. The molecule has 0 atom stereocenters. The van der Waals surface area contributed by atoms with Crippen LogP contribution in [0.15, 0.2) is 24.3 Å². The van der Waals surface area contributed by atoms with E-state index in [0.717, 1.165) is 31.6 Å². The van der Waals surface area contributed by atoms with Crippen LogP contribution in [0.2, 0.25) is 0 Å². The molecule has 0 aliphatic carbocycles. The molecule has 0 spiro atoms. The smallest absolute Gasteiger partial charge is 0.319 e. The van der Waals surface area contributed by atoms with Gasteiger partial charge in [-0.3, -0.25) is 0 Å². The third-order valence-corrected chi connectivity index (χ3v) is 4.01. The lowest BCUT2D eigenvalue weighted by Gasteiger charge is -2.37. The second-order valence-corrected chi connectivity index (χ2v) is 6.05. The van der Waals surface area contributed by atoms with Crippen molar-refractivity contribution in [3.63, 3.8) is 0 Å². The van der Waals surface area contributed by atoms with E-state index < -0.39 is 0 Å². The van der Waals surface area contributed by atoms with E-state index in [1.54, 1.807) is 12.1 Å². The maximum atomic E-state index is 11.9. The van der Waals surface area contributed by atoms with Gasteiger partial charge < -0.3 is 21.3 Å². The summed E-state index contributed by atoms with van der Waals surface area (Å²) >= 11 is 0. The number of nitrogens with zero attached hydrogens (tertiary/aromatic N) is 1. The maximum absolute atomic E-state index is 11.9. The van der Waals surface area contributed by atoms with Gasteiger partial charge in [0.05, 0.1) is 0 Å². The van der Waals surface area contributed by atoms with Crippen LogP contribution in [0.3, 0.4) is 0 Å². The Morgan fingerprint density at radius 3 is 2.75 bits per heavy atom. The second-order valence-electron chi connectivity index (χ2n) is 6.05. The zero-order chi connectivity index (χ0) is 14.6. The zero-order valence-electron chi connectivity index (χ0n) is 12.3. The van der Waals surface area contributed by atoms with E-state index in [1.807, 2.05) is 12.1 Å². The highest BCUT2D eigenvalue weighted by Crippen LogP contribution is 2.29. The van der Waals surface area contributed by atoms with E-state index in [0.29, 0.717) is 12.2 Å². The van der Waals surface area contributed by atoms with Crippen molar-refractivity contribution in [3.8, 4) is 0 Å². The Morgan fingerprint density at radius 2 is 2.10 bits per heavy atom. The largest absolute Gasteiger partial charge is 0.399 e. The number of hydrogen-bond donors (Lipinski definition) is 3. The monoisotopic (exact) mass is 276 g/mol. The van der Waals surface area contributed by atoms with Crippen LogP contribution in [-0.2, 0) is 0 Å². The molecule has 1 aliphatic heterocycles. The van der Waals surface area contributed by atoms with Crippen molar-refractivity contribution in [1.29, 1.82) is 0 Å². The van der Waals surface area contributed by atoms with Crippen molar-refractivity contribution in [3.05, 3.63) is 24.3 Å². The highest BCUT2D eigenvalue weighted by molar-refractivity contribution is 5.89. The third-order valence-electron chi connectivity index (χ3n) is 4.01. The molecular weight excluding hydrogens is 252 g/mol. The molecular formula is C15H24N4O. The summed E-state index contributed by atoms with van der Waals surface area (Å²) in [5, 5.41) is 5.77. The van der Waals surface area contributed by atoms with Crippen LogP contribution >= 0.6 is 0 Å². The van der Waals surface area contributed by atoms with Gasteiger partial charge in [0, 0.05) is 17.9 Å². The number of anilines is 2. The van der Waals surface area contributed by atoms with E-state index in [-0.39, 0.29) is 11.4 Å². The minimum Gasteiger partial charge on any atom is -0.399 e. The van der Waals surface area contributed by atoms with Crippen molar-refractivity contribution in [2.45, 2.75) is 19.8 Å². The fraction of sp³-hybridized carbons (Fsp3) is 0.533. The van der Waals surface area contributed by atoms with Crippen LogP contribution in [0, 0.1) is 5.41 Å². The molecule has 2 rings (SSSR count). The minimum absolute atomic E-state index is 0.171. The summed E-state index contributed by atoms with van der Waals surface area (Å²) in [6.07, 6.45) is 2.23. The number of piperidine rings is 1. The molecule has 0 bridgehead atoms. The van der Waals surface area contributed by atoms with Gasteiger partial charge in [-0.1, -0.05) is 13.0 Å². The van der Waals surface area contributed by atoms with Crippen LogP contribution < -0.4 is 16.4 Å². The molecule has 0 aromatic heterocycles. The zero-order valence-corrected chi connectivity index (χ0v) is 12.3. The van der Waals surface area contributed by atoms with Gasteiger partial charge in [-0.25, -0.2) is 4.79 Å². The van der Waals surface area contributed by atoms with Crippen LogP contribution in [-0.4, -0.2) is 37.6 Å². The Bertz CT molecular complexity index is 467. The van der Waals surface area contributed by atoms with Gasteiger partial charge in [-0.15, -0.1) is 0 Å². The number of nitrogen functional groups attached to an aromatic ring is 1. The molecule has 1 aromatic rings. The quantitative estimate of drug-likeness (QED) is 0.741.